The molecule has 1 N–H and O–H groups in total. The van der Waals surface area contributed by atoms with Crippen LogP contribution in [0.15, 0.2) is 42.5 Å². The largest absolute Gasteiger partial charge is 0.342 e. The summed E-state index contributed by atoms with van der Waals surface area (Å²) in [7, 11) is 3.17. The van der Waals surface area contributed by atoms with Crippen molar-refractivity contribution in [1.82, 2.24) is 25.1 Å². The van der Waals surface area contributed by atoms with Crippen LogP contribution in [-0.4, -0.2) is 51.0 Å². The first-order valence-electron chi connectivity index (χ1n) is 7.74. The van der Waals surface area contributed by atoms with Crippen LogP contribution in [0.25, 0.3) is 5.69 Å². The Hall–Kier alpha value is -3.33. The van der Waals surface area contributed by atoms with Crippen LogP contribution in [0, 0.1) is 5.82 Å². The standard InChI is InChI=1S/C17H14ClFN6O2/c1-24(2)17(27)15-21-23-25(22-15)11-8-6-10(7-9-11)20-16(26)14-12(18)4-3-5-13(14)19/h3-9H,1-2H3,(H,20,26). The van der Waals surface area contributed by atoms with Gasteiger partial charge in [-0.1, -0.05) is 17.7 Å². The van der Waals surface area contributed by atoms with Gasteiger partial charge in [-0.2, -0.15) is 0 Å². The molecule has 10 heteroatoms. The Bertz CT molecular complexity index is 983. The van der Waals surface area contributed by atoms with E-state index >= 15 is 0 Å². The third kappa shape index (κ3) is 3.93. The SMILES string of the molecule is CN(C)C(=O)c1nnn(-c2ccc(NC(=O)c3c(F)cccc3Cl)cc2)n1. The number of hydrogen-bond acceptors (Lipinski definition) is 5. The molecule has 3 rings (SSSR count). The highest BCUT2D eigenvalue weighted by atomic mass is 35.5. The maximum absolute atomic E-state index is 13.8. The molecule has 1 aromatic heterocycles. The van der Waals surface area contributed by atoms with E-state index in [9.17, 15) is 14.0 Å². The van der Waals surface area contributed by atoms with E-state index in [-0.39, 0.29) is 22.3 Å². The summed E-state index contributed by atoms with van der Waals surface area (Å²) in [6, 6.07) is 10.4. The van der Waals surface area contributed by atoms with Crippen molar-refractivity contribution in [3.05, 3.63) is 64.7 Å². The van der Waals surface area contributed by atoms with Gasteiger partial charge in [-0.05, 0) is 41.6 Å². The first-order chi connectivity index (χ1) is 12.9. The highest BCUT2D eigenvalue weighted by Gasteiger charge is 2.17. The summed E-state index contributed by atoms with van der Waals surface area (Å²) in [6.07, 6.45) is 0. The molecule has 8 nitrogen and oxygen atoms in total. The van der Waals surface area contributed by atoms with Gasteiger partial charge in [-0.3, -0.25) is 9.59 Å². The predicted octanol–water partition coefficient (Wildman–Crippen LogP) is 2.41. The molecule has 0 saturated heterocycles. The van der Waals surface area contributed by atoms with Crippen molar-refractivity contribution in [2.45, 2.75) is 0 Å². The number of nitrogens with zero attached hydrogens (tertiary/aromatic N) is 5. The molecule has 0 aliphatic rings. The fourth-order valence-corrected chi connectivity index (χ4v) is 2.44. The molecule has 0 unspecified atom stereocenters. The third-order valence-electron chi connectivity index (χ3n) is 3.56. The summed E-state index contributed by atoms with van der Waals surface area (Å²) in [4.78, 5) is 26.6. The van der Waals surface area contributed by atoms with E-state index in [1.807, 2.05) is 0 Å². The molecular weight excluding hydrogens is 375 g/mol. The molecule has 0 aliphatic carbocycles. The summed E-state index contributed by atoms with van der Waals surface area (Å²) in [6.45, 7) is 0. The lowest BCUT2D eigenvalue weighted by Crippen LogP contribution is -2.23. The molecule has 0 aliphatic heterocycles. The lowest BCUT2D eigenvalue weighted by atomic mass is 10.2. The van der Waals surface area contributed by atoms with Crippen molar-refractivity contribution < 1.29 is 14.0 Å². The maximum Gasteiger partial charge on any atom is 0.294 e. The minimum atomic E-state index is -0.707. The van der Waals surface area contributed by atoms with Crippen molar-refractivity contribution in [2.75, 3.05) is 19.4 Å². The lowest BCUT2D eigenvalue weighted by Gasteiger charge is -2.08. The second kappa shape index (κ2) is 7.50. The quantitative estimate of drug-likeness (QED) is 0.740. The Kier molecular flexibility index (Phi) is 5.13. The Morgan fingerprint density at radius 3 is 2.48 bits per heavy atom. The molecule has 0 atom stereocenters. The molecule has 0 fully saturated rings. The zero-order chi connectivity index (χ0) is 19.6. The van der Waals surface area contributed by atoms with Crippen molar-refractivity contribution >= 4 is 29.1 Å². The number of amides is 2. The number of anilines is 1. The van der Waals surface area contributed by atoms with Crippen LogP contribution in [0.3, 0.4) is 0 Å². The molecule has 0 radical (unpaired) electrons. The molecule has 138 valence electrons. The number of nitrogens with one attached hydrogen (secondary N) is 1. The van der Waals surface area contributed by atoms with Gasteiger partial charge in [0.15, 0.2) is 0 Å². The average molecular weight is 389 g/mol. The summed E-state index contributed by atoms with van der Waals surface area (Å²) < 4.78 is 13.8. The molecule has 1 heterocycles. The number of rotatable bonds is 4. The van der Waals surface area contributed by atoms with Crippen LogP contribution < -0.4 is 5.32 Å². The monoisotopic (exact) mass is 388 g/mol. The summed E-state index contributed by atoms with van der Waals surface area (Å²) in [5.74, 6) is -1.77. The molecule has 0 bridgehead atoms. The first-order valence-corrected chi connectivity index (χ1v) is 8.12. The zero-order valence-electron chi connectivity index (χ0n) is 14.3. The zero-order valence-corrected chi connectivity index (χ0v) is 15.1. The number of aromatic nitrogens is 4. The fourth-order valence-electron chi connectivity index (χ4n) is 2.20. The van der Waals surface area contributed by atoms with E-state index in [0.717, 1.165) is 6.07 Å². The van der Waals surface area contributed by atoms with Crippen LogP contribution in [0.5, 0.6) is 0 Å². The van der Waals surface area contributed by atoms with Gasteiger partial charge in [0.2, 0.25) is 0 Å². The number of halogens is 2. The summed E-state index contributed by atoms with van der Waals surface area (Å²) in [5, 5.41) is 14.1. The van der Waals surface area contributed by atoms with Crippen LogP contribution in [0.1, 0.15) is 21.0 Å². The van der Waals surface area contributed by atoms with Crippen LogP contribution in [-0.2, 0) is 0 Å². The fraction of sp³-hybridized carbons (Fsp3) is 0.118. The topological polar surface area (TPSA) is 93.0 Å². The van der Waals surface area contributed by atoms with Crippen molar-refractivity contribution in [3.63, 3.8) is 0 Å². The number of carbonyl (C=O) groups is 2. The highest BCUT2D eigenvalue weighted by Crippen LogP contribution is 2.21. The van der Waals surface area contributed by atoms with Gasteiger partial charge in [-0.15, -0.1) is 15.0 Å². The number of carbonyl (C=O) groups excluding carboxylic acids is 2. The molecule has 0 spiro atoms. The second-order valence-corrected chi connectivity index (χ2v) is 6.11. The molecule has 2 amide bonds. The van der Waals surface area contributed by atoms with Gasteiger partial charge in [-0.25, -0.2) is 4.39 Å². The number of benzene rings is 2. The Balaban J connectivity index is 1.76. The maximum atomic E-state index is 13.8. The summed E-state index contributed by atoms with van der Waals surface area (Å²) >= 11 is 5.89. The van der Waals surface area contributed by atoms with E-state index in [4.69, 9.17) is 11.6 Å². The Labute approximate surface area is 158 Å². The van der Waals surface area contributed by atoms with Crippen LogP contribution in [0.4, 0.5) is 10.1 Å². The van der Waals surface area contributed by atoms with E-state index in [0.29, 0.717) is 11.4 Å². The van der Waals surface area contributed by atoms with Gasteiger partial charge in [0.05, 0.1) is 16.3 Å². The molecule has 2 aromatic carbocycles. The molecule has 0 saturated carbocycles. The number of tetrazole rings is 1. The van der Waals surface area contributed by atoms with Crippen LogP contribution >= 0.6 is 11.6 Å². The van der Waals surface area contributed by atoms with Gasteiger partial charge in [0.1, 0.15) is 5.82 Å². The minimum Gasteiger partial charge on any atom is -0.342 e. The van der Waals surface area contributed by atoms with Gasteiger partial charge >= 0.3 is 0 Å². The van der Waals surface area contributed by atoms with Gasteiger partial charge in [0.25, 0.3) is 17.6 Å². The minimum absolute atomic E-state index is 0.0222. The second-order valence-electron chi connectivity index (χ2n) is 5.70. The van der Waals surface area contributed by atoms with E-state index in [2.05, 4.69) is 20.7 Å². The predicted molar refractivity (Wildman–Crippen MR) is 96.5 cm³/mol. The van der Waals surface area contributed by atoms with E-state index in [1.54, 1.807) is 38.4 Å². The van der Waals surface area contributed by atoms with Gasteiger partial charge < -0.3 is 10.2 Å². The molecule has 27 heavy (non-hydrogen) atoms. The van der Waals surface area contributed by atoms with Crippen LogP contribution in [0.2, 0.25) is 5.02 Å². The van der Waals surface area contributed by atoms with E-state index in [1.165, 1.54) is 21.8 Å². The van der Waals surface area contributed by atoms with Crippen molar-refractivity contribution in [3.8, 4) is 5.69 Å². The summed E-state index contributed by atoms with van der Waals surface area (Å²) in [5.41, 5.74) is 0.725. The highest BCUT2D eigenvalue weighted by molar-refractivity contribution is 6.34. The van der Waals surface area contributed by atoms with Gasteiger partial charge in [0, 0.05) is 19.8 Å². The Morgan fingerprint density at radius 1 is 1.15 bits per heavy atom. The van der Waals surface area contributed by atoms with Crippen molar-refractivity contribution in [2.24, 2.45) is 0 Å². The molecule has 3 aromatic rings. The van der Waals surface area contributed by atoms with Crippen molar-refractivity contribution in [1.29, 1.82) is 0 Å². The lowest BCUT2D eigenvalue weighted by molar-refractivity contribution is 0.0815. The smallest absolute Gasteiger partial charge is 0.294 e. The Morgan fingerprint density at radius 2 is 1.85 bits per heavy atom. The molecular formula is C17H14ClFN6O2. The normalized spacial score (nSPS) is 10.5. The third-order valence-corrected chi connectivity index (χ3v) is 3.87. The number of hydrogen-bond donors (Lipinski definition) is 1. The van der Waals surface area contributed by atoms with E-state index < -0.39 is 11.7 Å². The average Bonchev–Trinajstić information content (AvgIpc) is 3.11. The first kappa shape index (κ1) is 18.5.